The second-order valence-electron chi connectivity index (χ2n) is 10.6. The predicted octanol–water partition coefficient (Wildman–Crippen LogP) is 6.81. The van der Waals surface area contributed by atoms with E-state index in [1.807, 2.05) is 0 Å². The van der Waals surface area contributed by atoms with E-state index in [1.54, 1.807) is 0 Å². The predicted molar refractivity (Wildman–Crippen MR) is 162 cm³/mol. The molecule has 1 aliphatic carbocycles. The Kier molecular flexibility index (Phi) is 7.38. The van der Waals surface area contributed by atoms with Crippen molar-refractivity contribution in [1.29, 1.82) is 0 Å². The van der Waals surface area contributed by atoms with Gasteiger partial charge < -0.3 is 0 Å². The second-order valence-corrected chi connectivity index (χ2v) is 13.2. The number of aromatic nitrogens is 2. The van der Waals surface area contributed by atoms with Crippen LogP contribution in [0, 0.1) is 13.8 Å². The zero-order valence-corrected chi connectivity index (χ0v) is 24.3. The Hall–Kier alpha value is -3.46. The molecule has 0 fully saturated rings. The summed E-state index contributed by atoms with van der Waals surface area (Å²) in [5.41, 5.74) is 8.61. The normalized spacial score (nSPS) is 14.8. The molecule has 0 spiro atoms. The number of aryl methyl sites for hydroxylation is 2. The molecule has 0 radical (unpaired) electrons. The van der Waals surface area contributed by atoms with Gasteiger partial charge in [-0.2, -0.15) is 4.36 Å². The topological polar surface area (TPSA) is 22.2 Å². The van der Waals surface area contributed by atoms with Gasteiger partial charge in [-0.25, -0.2) is 0 Å². The Morgan fingerprint density at radius 3 is 1.82 bits per heavy atom. The molecule has 1 aromatic heterocycles. The van der Waals surface area contributed by atoms with Gasteiger partial charge in [0.1, 0.15) is 0 Å². The van der Waals surface area contributed by atoms with Gasteiger partial charge in [-0.05, 0) is 92.2 Å². The lowest BCUT2D eigenvalue weighted by atomic mass is 9.98. The van der Waals surface area contributed by atoms with E-state index < -0.39 is 8.07 Å². The Labute approximate surface area is 228 Å². The van der Waals surface area contributed by atoms with Crippen LogP contribution in [-0.4, -0.2) is 27.6 Å². The van der Waals surface area contributed by atoms with Crippen molar-refractivity contribution in [3.8, 4) is 5.69 Å². The van der Waals surface area contributed by atoms with Crippen LogP contribution in [-0.2, 0) is 0 Å². The summed E-state index contributed by atoms with van der Waals surface area (Å²) in [5.74, 6) is 0. The van der Waals surface area contributed by atoms with Crippen molar-refractivity contribution in [3.63, 3.8) is 0 Å². The Balaban J connectivity index is 1.81. The van der Waals surface area contributed by atoms with Crippen molar-refractivity contribution in [3.05, 3.63) is 125 Å². The fourth-order valence-corrected chi connectivity index (χ4v) is 8.09. The average Bonchev–Trinajstić information content (AvgIpc) is 3.27. The van der Waals surface area contributed by atoms with E-state index in [9.17, 15) is 0 Å². The molecule has 38 heavy (non-hydrogen) atoms. The molecule has 194 valence electrons. The highest BCUT2D eigenvalue weighted by atomic mass is 31.1. The minimum absolute atomic E-state index is 0.480. The highest BCUT2D eigenvalue weighted by Crippen LogP contribution is 2.43. The van der Waals surface area contributed by atoms with E-state index >= 15 is 0 Å². The Bertz CT molecular complexity index is 1510. The van der Waals surface area contributed by atoms with Crippen LogP contribution >= 0.6 is 8.07 Å². The third kappa shape index (κ3) is 4.99. The van der Waals surface area contributed by atoms with E-state index in [4.69, 9.17) is 5.10 Å². The maximum Gasteiger partial charge on any atom is 0.272 e. The monoisotopic (exact) mass is 521 g/mol. The summed E-state index contributed by atoms with van der Waals surface area (Å²) in [6.07, 6.45) is 8.91. The van der Waals surface area contributed by atoms with Crippen LogP contribution in [0.4, 0.5) is 0 Å². The third-order valence-electron chi connectivity index (χ3n) is 7.29. The van der Waals surface area contributed by atoms with Crippen LogP contribution in [0.2, 0.25) is 0 Å². The number of imidazole rings is 1. The van der Waals surface area contributed by atoms with Gasteiger partial charge in [0.2, 0.25) is 0 Å². The summed E-state index contributed by atoms with van der Waals surface area (Å²) in [4.78, 5) is 0. The van der Waals surface area contributed by atoms with E-state index in [0.717, 1.165) is 18.5 Å². The molecular weight excluding hydrogens is 483 g/mol. The summed E-state index contributed by atoms with van der Waals surface area (Å²) >= 11 is 0. The molecule has 0 unspecified atom stereocenters. The first kappa shape index (κ1) is 26.2. The highest BCUT2D eigenvalue weighted by Gasteiger charge is 2.35. The van der Waals surface area contributed by atoms with Gasteiger partial charge in [-0.15, -0.1) is 0 Å². The zero-order chi connectivity index (χ0) is 26.9. The maximum atomic E-state index is 5.64. The third-order valence-corrected chi connectivity index (χ3v) is 9.93. The first-order valence-electron chi connectivity index (χ1n) is 13.3. The molecule has 0 saturated carbocycles. The summed E-state index contributed by atoms with van der Waals surface area (Å²) < 4.78 is 5.08. The van der Waals surface area contributed by atoms with Gasteiger partial charge in [0.05, 0.1) is 25.5 Å². The summed E-state index contributed by atoms with van der Waals surface area (Å²) in [7, 11) is 3.64. The van der Waals surface area contributed by atoms with Gasteiger partial charge >= 0.3 is 0 Å². The van der Waals surface area contributed by atoms with Gasteiger partial charge in [0.15, 0.2) is 8.07 Å². The second kappa shape index (κ2) is 10.7. The SMILES string of the molecule is CC1=CCCC(C)=C1n1ccn(-c2c(C)cccc2C)/c1=N/[N+](C)(C)P(c1ccccc1)c1ccccc1. The minimum Gasteiger partial charge on any atom is -0.281 e. The number of quaternary nitrogens is 1. The number of hydrogen-bond donors (Lipinski definition) is 0. The molecule has 5 rings (SSSR count). The maximum absolute atomic E-state index is 5.64. The standard InChI is InChI=1S/C33H38N4P/c1-25-15-13-16-26(2)31(25)35-23-24-36(32-27(3)17-14-18-28(32)4)33(35)34-37(5,6)38(29-19-9-7-10-20-29)30-21-11-8-12-22-30/h7-13,15-17,19-24H,14,18H2,1-6H3/q+1/b34-33-. The molecule has 0 bridgehead atoms. The van der Waals surface area contributed by atoms with Gasteiger partial charge in [0, 0.05) is 23.0 Å². The van der Waals surface area contributed by atoms with Crippen molar-refractivity contribution in [2.24, 2.45) is 5.10 Å². The van der Waals surface area contributed by atoms with Crippen LogP contribution in [0.1, 0.15) is 37.8 Å². The van der Waals surface area contributed by atoms with Gasteiger partial charge in [-0.1, -0.05) is 60.7 Å². The van der Waals surface area contributed by atoms with Crippen LogP contribution in [0.5, 0.6) is 0 Å². The molecule has 4 aromatic rings. The molecular formula is C33H38N4P+. The lowest BCUT2D eigenvalue weighted by Gasteiger charge is -2.31. The van der Waals surface area contributed by atoms with Crippen LogP contribution < -0.4 is 16.2 Å². The van der Waals surface area contributed by atoms with Crippen molar-refractivity contribution < 1.29 is 4.36 Å². The molecule has 4 nitrogen and oxygen atoms in total. The molecule has 0 N–H and O–H groups in total. The number of allylic oxidation sites excluding steroid dienone is 4. The van der Waals surface area contributed by atoms with Gasteiger partial charge in [-0.3, -0.25) is 9.13 Å². The molecule has 0 atom stereocenters. The highest BCUT2D eigenvalue weighted by molar-refractivity contribution is 7.67. The van der Waals surface area contributed by atoms with Crippen LogP contribution in [0.15, 0.2) is 114 Å². The number of para-hydroxylation sites is 1. The van der Waals surface area contributed by atoms with Crippen molar-refractivity contribution in [2.45, 2.75) is 40.5 Å². The van der Waals surface area contributed by atoms with E-state index in [-0.39, 0.29) is 0 Å². The molecule has 3 aromatic carbocycles. The van der Waals surface area contributed by atoms with Gasteiger partial charge in [0.25, 0.3) is 5.62 Å². The Morgan fingerprint density at radius 1 is 0.711 bits per heavy atom. The van der Waals surface area contributed by atoms with Crippen molar-refractivity contribution in [2.75, 3.05) is 14.1 Å². The fraction of sp³-hybridized carbons (Fsp3) is 0.242. The molecule has 1 aliphatic rings. The first-order valence-corrected chi connectivity index (χ1v) is 14.6. The summed E-state index contributed by atoms with van der Waals surface area (Å²) in [6.45, 7) is 8.87. The van der Waals surface area contributed by atoms with Crippen LogP contribution in [0.3, 0.4) is 0 Å². The molecule has 5 heteroatoms. The summed E-state index contributed by atoms with van der Waals surface area (Å²) in [5, 5.41) is 8.25. The number of rotatable bonds is 6. The number of hydrogen-bond acceptors (Lipinski definition) is 1. The van der Waals surface area contributed by atoms with Crippen LogP contribution in [0.25, 0.3) is 11.4 Å². The lowest BCUT2D eigenvalue weighted by Crippen LogP contribution is -2.41. The number of benzene rings is 3. The molecule has 0 saturated heterocycles. The van der Waals surface area contributed by atoms with Crippen molar-refractivity contribution in [1.82, 2.24) is 9.13 Å². The Morgan fingerprint density at radius 2 is 1.26 bits per heavy atom. The fourth-order valence-electron chi connectivity index (χ4n) is 5.58. The smallest absolute Gasteiger partial charge is 0.272 e. The average molecular weight is 522 g/mol. The zero-order valence-electron chi connectivity index (χ0n) is 23.4. The quantitative estimate of drug-likeness (QED) is 0.197. The molecule has 1 heterocycles. The number of nitrogens with zero attached hydrogens (tertiary/aromatic N) is 4. The van der Waals surface area contributed by atoms with Crippen molar-refractivity contribution >= 4 is 24.4 Å². The van der Waals surface area contributed by atoms with E-state index in [1.165, 1.54) is 44.3 Å². The molecule has 0 amide bonds. The minimum atomic E-state index is -0.834. The van der Waals surface area contributed by atoms with E-state index in [0.29, 0.717) is 4.36 Å². The van der Waals surface area contributed by atoms with E-state index in [2.05, 4.69) is 148 Å². The molecule has 0 aliphatic heterocycles. The first-order chi connectivity index (χ1) is 18.3. The summed E-state index contributed by atoms with van der Waals surface area (Å²) in [6, 6.07) is 28.2. The largest absolute Gasteiger partial charge is 0.281 e. The lowest BCUT2D eigenvalue weighted by molar-refractivity contribution is -0.772.